The Hall–Kier alpha value is -0.950. The molecule has 0 saturated carbocycles. The molecule has 19 heavy (non-hydrogen) atoms. The van der Waals surface area contributed by atoms with E-state index in [1.54, 1.807) is 17.3 Å². The van der Waals surface area contributed by atoms with E-state index in [9.17, 15) is 4.79 Å². The quantitative estimate of drug-likeness (QED) is 0.922. The Morgan fingerprint density at radius 2 is 2.32 bits per heavy atom. The Kier molecular flexibility index (Phi) is 4.93. The standard InChI is InChI=1S/C12H14ClN3OS2/c1-16(6-8-2-3-10(13)19-8)12(17)9-7-18-11(15-9)4-5-14/h2-3,7H,4-6,14H2,1H3. The minimum absolute atomic E-state index is 0.0796. The molecule has 0 bridgehead atoms. The predicted molar refractivity (Wildman–Crippen MR) is 80.0 cm³/mol. The maximum absolute atomic E-state index is 12.2. The zero-order chi connectivity index (χ0) is 13.8. The lowest BCUT2D eigenvalue weighted by Gasteiger charge is -2.14. The Bertz CT molecular complexity index is 567. The van der Waals surface area contributed by atoms with Crippen molar-refractivity contribution >= 4 is 40.2 Å². The molecule has 7 heteroatoms. The van der Waals surface area contributed by atoms with Crippen molar-refractivity contribution in [1.82, 2.24) is 9.88 Å². The van der Waals surface area contributed by atoms with Crippen LogP contribution in [0.2, 0.25) is 4.34 Å². The molecule has 0 saturated heterocycles. The molecule has 0 aliphatic heterocycles. The van der Waals surface area contributed by atoms with Gasteiger partial charge < -0.3 is 10.6 Å². The number of amides is 1. The van der Waals surface area contributed by atoms with Gasteiger partial charge in [0.25, 0.3) is 5.91 Å². The van der Waals surface area contributed by atoms with E-state index >= 15 is 0 Å². The Morgan fingerprint density at radius 1 is 1.53 bits per heavy atom. The SMILES string of the molecule is CN(Cc1ccc(Cl)s1)C(=O)c1csc(CCN)n1. The zero-order valence-electron chi connectivity index (χ0n) is 10.4. The van der Waals surface area contributed by atoms with Crippen molar-refractivity contribution < 1.29 is 4.79 Å². The maximum Gasteiger partial charge on any atom is 0.273 e. The summed E-state index contributed by atoms with van der Waals surface area (Å²) in [5.74, 6) is -0.0796. The summed E-state index contributed by atoms with van der Waals surface area (Å²) in [4.78, 5) is 19.2. The molecule has 0 fully saturated rings. The lowest BCUT2D eigenvalue weighted by molar-refractivity contribution is 0.0781. The van der Waals surface area contributed by atoms with Gasteiger partial charge in [-0.3, -0.25) is 4.79 Å². The van der Waals surface area contributed by atoms with Crippen LogP contribution < -0.4 is 5.73 Å². The van der Waals surface area contributed by atoms with Crippen molar-refractivity contribution in [2.45, 2.75) is 13.0 Å². The van der Waals surface area contributed by atoms with Gasteiger partial charge in [0.15, 0.2) is 0 Å². The number of hydrogen-bond donors (Lipinski definition) is 1. The summed E-state index contributed by atoms with van der Waals surface area (Å²) in [5.41, 5.74) is 5.96. The van der Waals surface area contributed by atoms with Crippen molar-refractivity contribution in [3.63, 3.8) is 0 Å². The first-order valence-electron chi connectivity index (χ1n) is 5.74. The molecule has 0 aliphatic carbocycles. The van der Waals surface area contributed by atoms with Crippen LogP contribution in [0.5, 0.6) is 0 Å². The van der Waals surface area contributed by atoms with Crippen LogP contribution in [0.15, 0.2) is 17.5 Å². The second kappa shape index (κ2) is 6.47. The van der Waals surface area contributed by atoms with E-state index in [1.807, 2.05) is 12.1 Å². The van der Waals surface area contributed by atoms with Gasteiger partial charge in [-0.05, 0) is 18.7 Å². The number of carbonyl (C=O) groups is 1. The molecular weight excluding hydrogens is 302 g/mol. The molecule has 102 valence electrons. The van der Waals surface area contributed by atoms with Crippen molar-refractivity contribution in [2.75, 3.05) is 13.6 Å². The third kappa shape index (κ3) is 3.76. The monoisotopic (exact) mass is 315 g/mol. The van der Waals surface area contributed by atoms with E-state index in [-0.39, 0.29) is 5.91 Å². The molecule has 2 aromatic heterocycles. The molecule has 0 spiro atoms. The van der Waals surface area contributed by atoms with E-state index in [2.05, 4.69) is 4.98 Å². The molecule has 0 atom stereocenters. The highest BCUT2D eigenvalue weighted by atomic mass is 35.5. The number of nitrogens with two attached hydrogens (primary N) is 1. The van der Waals surface area contributed by atoms with Crippen LogP contribution in [0.3, 0.4) is 0 Å². The zero-order valence-corrected chi connectivity index (χ0v) is 12.8. The van der Waals surface area contributed by atoms with Crippen molar-refractivity contribution in [2.24, 2.45) is 5.73 Å². The van der Waals surface area contributed by atoms with Crippen LogP contribution in [0.25, 0.3) is 0 Å². The lowest BCUT2D eigenvalue weighted by Crippen LogP contribution is -2.26. The minimum Gasteiger partial charge on any atom is -0.335 e. The predicted octanol–water partition coefficient (Wildman–Crippen LogP) is 2.63. The molecule has 1 amide bonds. The first-order chi connectivity index (χ1) is 9.10. The normalized spacial score (nSPS) is 10.7. The smallest absolute Gasteiger partial charge is 0.273 e. The second-order valence-electron chi connectivity index (χ2n) is 4.03. The Morgan fingerprint density at radius 3 is 2.95 bits per heavy atom. The highest BCUT2D eigenvalue weighted by molar-refractivity contribution is 7.16. The highest BCUT2D eigenvalue weighted by Crippen LogP contribution is 2.23. The van der Waals surface area contributed by atoms with Crippen LogP contribution in [0.4, 0.5) is 0 Å². The van der Waals surface area contributed by atoms with Gasteiger partial charge >= 0.3 is 0 Å². The minimum atomic E-state index is -0.0796. The first kappa shape index (κ1) is 14.5. The molecule has 2 heterocycles. The fourth-order valence-corrected chi connectivity index (χ4v) is 3.51. The Balaban J connectivity index is 2.01. The third-order valence-corrected chi connectivity index (χ3v) is 4.62. The van der Waals surface area contributed by atoms with Gasteiger partial charge in [0.05, 0.1) is 15.9 Å². The van der Waals surface area contributed by atoms with E-state index in [0.29, 0.717) is 25.2 Å². The van der Waals surface area contributed by atoms with Crippen molar-refractivity contribution in [3.8, 4) is 0 Å². The largest absolute Gasteiger partial charge is 0.335 e. The summed E-state index contributed by atoms with van der Waals surface area (Å²) in [6.07, 6.45) is 0.711. The van der Waals surface area contributed by atoms with Crippen LogP contribution in [-0.2, 0) is 13.0 Å². The molecule has 0 aliphatic rings. The first-order valence-corrected chi connectivity index (χ1v) is 7.81. The summed E-state index contributed by atoms with van der Waals surface area (Å²) in [7, 11) is 1.76. The van der Waals surface area contributed by atoms with Gasteiger partial charge in [0, 0.05) is 23.7 Å². The van der Waals surface area contributed by atoms with E-state index < -0.39 is 0 Å². The number of aromatic nitrogens is 1. The average Bonchev–Trinajstić information content (AvgIpc) is 2.98. The van der Waals surface area contributed by atoms with Gasteiger partial charge in [-0.1, -0.05) is 11.6 Å². The van der Waals surface area contributed by atoms with Crippen molar-refractivity contribution in [1.29, 1.82) is 0 Å². The fourth-order valence-electron chi connectivity index (χ4n) is 1.59. The summed E-state index contributed by atoms with van der Waals surface area (Å²) in [6, 6.07) is 3.76. The molecule has 4 nitrogen and oxygen atoms in total. The summed E-state index contributed by atoms with van der Waals surface area (Å²) < 4.78 is 0.731. The second-order valence-corrected chi connectivity index (χ2v) is 6.77. The molecule has 0 radical (unpaired) electrons. The number of thiophene rings is 1. The maximum atomic E-state index is 12.2. The fraction of sp³-hybridized carbons (Fsp3) is 0.333. The van der Waals surface area contributed by atoms with Gasteiger partial charge in [0.2, 0.25) is 0 Å². The molecule has 2 rings (SSSR count). The van der Waals surface area contributed by atoms with Crippen LogP contribution in [-0.4, -0.2) is 29.4 Å². The number of hydrogen-bond acceptors (Lipinski definition) is 5. The third-order valence-electron chi connectivity index (χ3n) is 2.50. The summed E-state index contributed by atoms with van der Waals surface area (Å²) >= 11 is 8.82. The van der Waals surface area contributed by atoms with E-state index in [0.717, 1.165) is 14.2 Å². The number of carbonyl (C=O) groups excluding carboxylic acids is 1. The van der Waals surface area contributed by atoms with E-state index in [1.165, 1.54) is 22.7 Å². The average molecular weight is 316 g/mol. The van der Waals surface area contributed by atoms with E-state index in [4.69, 9.17) is 17.3 Å². The topological polar surface area (TPSA) is 59.2 Å². The van der Waals surface area contributed by atoms with Gasteiger partial charge in [-0.25, -0.2) is 4.98 Å². The molecule has 0 unspecified atom stereocenters. The van der Waals surface area contributed by atoms with Gasteiger partial charge in [-0.15, -0.1) is 22.7 Å². The summed E-state index contributed by atoms with van der Waals surface area (Å²) in [5, 5.41) is 2.68. The molecular formula is C12H14ClN3OS2. The highest BCUT2D eigenvalue weighted by Gasteiger charge is 2.16. The van der Waals surface area contributed by atoms with Gasteiger partial charge in [-0.2, -0.15) is 0 Å². The summed E-state index contributed by atoms with van der Waals surface area (Å²) in [6.45, 7) is 1.09. The number of nitrogens with zero attached hydrogens (tertiary/aromatic N) is 2. The van der Waals surface area contributed by atoms with Crippen LogP contribution >= 0.6 is 34.3 Å². The molecule has 2 N–H and O–H groups in total. The molecule has 2 aromatic rings. The number of rotatable bonds is 5. The van der Waals surface area contributed by atoms with Crippen molar-refractivity contribution in [3.05, 3.63) is 37.4 Å². The number of thiazole rings is 1. The number of halogens is 1. The Labute approximate surface area is 124 Å². The van der Waals surface area contributed by atoms with Crippen LogP contribution in [0, 0.1) is 0 Å². The van der Waals surface area contributed by atoms with Gasteiger partial charge in [0.1, 0.15) is 5.69 Å². The lowest BCUT2D eigenvalue weighted by atomic mass is 10.3. The molecule has 0 aromatic carbocycles. The van der Waals surface area contributed by atoms with Crippen LogP contribution in [0.1, 0.15) is 20.4 Å².